The quantitative estimate of drug-likeness (QED) is 0.261. The van der Waals surface area contributed by atoms with Crippen LogP contribution in [0.4, 0.5) is 5.69 Å². The van der Waals surface area contributed by atoms with Crippen LogP contribution in [0.1, 0.15) is 24.1 Å². The lowest BCUT2D eigenvalue weighted by Gasteiger charge is -2.38. The molecule has 0 spiro atoms. The SMILES string of the molecule is N#C/C(=C\c1ccc(-c2ccc3cc(N4CCCCC4)ccc3c2)s1)S(=O)(=O)NC[C@H]1OC(O)[C@H](O)[C@@H](O)[C@@H]1O. The van der Waals surface area contributed by atoms with Crippen molar-refractivity contribution < 1.29 is 33.6 Å². The molecule has 5 N–H and O–H groups in total. The van der Waals surface area contributed by atoms with Crippen molar-refractivity contribution in [2.45, 2.75) is 50.0 Å². The number of rotatable bonds is 7. The van der Waals surface area contributed by atoms with Crippen LogP contribution in [0.5, 0.6) is 0 Å². The zero-order valence-corrected chi connectivity index (χ0v) is 23.2. The van der Waals surface area contributed by atoms with E-state index < -0.39 is 52.2 Å². The number of aliphatic hydroxyl groups is 4. The highest BCUT2D eigenvalue weighted by Crippen LogP contribution is 2.33. The zero-order valence-electron chi connectivity index (χ0n) is 21.6. The van der Waals surface area contributed by atoms with E-state index in [1.165, 1.54) is 42.4 Å². The number of sulfonamides is 1. The molecule has 10 nitrogen and oxygen atoms in total. The Morgan fingerprint density at radius 3 is 2.48 bits per heavy atom. The summed E-state index contributed by atoms with van der Waals surface area (Å²) in [5.41, 5.74) is 2.21. The smallest absolute Gasteiger partial charge is 0.250 e. The Kier molecular flexibility index (Phi) is 8.55. The first-order valence-electron chi connectivity index (χ1n) is 13.0. The summed E-state index contributed by atoms with van der Waals surface area (Å²) < 4.78 is 32.8. The minimum absolute atomic E-state index is 0.532. The molecule has 1 aromatic heterocycles. The van der Waals surface area contributed by atoms with Gasteiger partial charge >= 0.3 is 0 Å². The van der Waals surface area contributed by atoms with Crippen molar-refractivity contribution in [2.75, 3.05) is 24.5 Å². The third-order valence-corrected chi connectivity index (χ3v) is 9.71. The van der Waals surface area contributed by atoms with Gasteiger partial charge in [-0.1, -0.05) is 18.2 Å². The van der Waals surface area contributed by atoms with Gasteiger partial charge in [-0.3, -0.25) is 0 Å². The summed E-state index contributed by atoms with van der Waals surface area (Å²) in [5, 5.41) is 50.9. The van der Waals surface area contributed by atoms with E-state index in [0.717, 1.165) is 34.3 Å². The van der Waals surface area contributed by atoms with E-state index in [-0.39, 0.29) is 0 Å². The molecular weight excluding hydrogens is 554 g/mol. The van der Waals surface area contributed by atoms with E-state index in [9.17, 15) is 34.1 Å². The molecule has 2 aliphatic heterocycles. The van der Waals surface area contributed by atoms with E-state index in [1.54, 1.807) is 12.1 Å². The van der Waals surface area contributed by atoms with Crippen molar-refractivity contribution in [1.29, 1.82) is 5.26 Å². The molecule has 3 aromatic rings. The molecule has 0 saturated carbocycles. The van der Waals surface area contributed by atoms with Crippen molar-refractivity contribution in [3.05, 3.63) is 58.3 Å². The largest absolute Gasteiger partial charge is 0.388 e. The van der Waals surface area contributed by atoms with Gasteiger partial charge in [-0.25, -0.2) is 13.1 Å². The van der Waals surface area contributed by atoms with Gasteiger partial charge in [-0.05, 0) is 72.0 Å². The number of nitriles is 1. The van der Waals surface area contributed by atoms with Gasteiger partial charge in [0.2, 0.25) is 0 Å². The third kappa shape index (κ3) is 6.07. The highest BCUT2D eigenvalue weighted by molar-refractivity contribution is 7.93. The van der Waals surface area contributed by atoms with Crippen LogP contribution in [0, 0.1) is 11.3 Å². The fourth-order valence-corrected chi connectivity index (χ4v) is 6.95. The summed E-state index contributed by atoms with van der Waals surface area (Å²) in [7, 11) is -4.30. The van der Waals surface area contributed by atoms with E-state index in [1.807, 2.05) is 12.1 Å². The number of nitrogens with zero attached hydrogens (tertiary/aromatic N) is 2. The Balaban J connectivity index is 1.29. The lowest BCUT2D eigenvalue weighted by Crippen LogP contribution is -2.59. The van der Waals surface area contributed by atoms with Crippen LogP contribution in [0.2, 0.25) is 0 Å². The minimum atomic E-state index is -4.30. The number of hydrogen-bond acceptors (Lipinski definition) is 10. The van der Waals surface area contributed by atoms with Crippen molar-refractivity contribution in [3.8, 4) is 16.5 Å². The number of anilines is 1. The summed E-state index contributed by atoms with van der Waals surface area (Å²) in [5.74, 6) is 0. The van der Waals surface area contributed by atoms with Crippen molar-refractivity contribution in [3.63, 3.8) is 0 Å². The molecule has 0 radical (unpaired) electrons. The molecule has 0 aliphatic carbocycles. The normalized spacial score (nSPS) is 26.1. The second-order valence-electron chi connectivity index (χ2n) is 10.0. The molecular formula is C28H31N3O7S2. The summed E-state index contributed by atoms with van der Waals surface area (Å²) in [6, 6.07) is 18.0. The van der Waals surface area contributed by atoms with Gasteiger partial charge < -0.3 is 30.1 Å². The second-order valence-corrected chi connectivity index (χ2v) is 12.9. The van der Waals surface area contributed by atoms with Gasteiger partial charge in [-0.2, -0.15) is 5.26 Å². The molecule has 212 valence electrons. The summed E-state index contributed by atoms with van der Waals surface area (Å²) in [6.07, 6.45) is -3.25. The molecule has 2 saturated heterocycles. The molecule has 5 rings (SSSR count). The van der Waals surface area contributed by atoms with Crippen molar-refractivity contribution >= 4 is 43.9 Å². The second kappa shape index (κ2) is 11.9. The molecule has 3 heterocycles. The maximum absolute atomic E-state index is 12.8. The molecule has 2 aliphatic rings. The van der Waals surface area contributed by atoms with Crippen molar-refractivity contribution in [2.24, 2.45) is 0 Å². The molecule has 1 unspecified atom stereocenters. The van der Waals surface area contributed by atoms with Crippen LogP contribution >= 0.6 is 11.3 Å². The van der Waals surface area contributed by atoms with Gasteiger partial charge in [0.05, 0.1) is 0 Å². The Bertz CT molecular complexity index is 1540. The first-order valence-corrected chi connectivity index (χ1v) is 15.3. The molecule has 2 aromatic carbocycles. The fraction of sp³-hybridized carbons (Fsp3) is 0.393. The number of fused-ring (bicyclic) bond motifs is 1. The fourth-order valence-electron chi connectivity index (χ4n) is 4.99. The first-order chi connectivity index (χ1) is 19.2. The number of nitrogens with one attached hydrogen (secondary N) is 1. The Morgan fingerprint density at radius 1 is 1.00 bits per heavy atom. The summed E-state index contributed by atoms with van der Waals surface area (Å²) in [4.78, 5) is 3.35. The molecule has 2 fully saturated rings. The molecule has 0 amide bonds. The summed E-state index contributed by atoms with van der Waals surface area (Å²) in [6.45, 7) is 1.63. The maximum atomic E-state index is 12.8. The van der Waals surface area contributed by atoms with Crippen molar-refractivity contribution in [1.82, 2.24) is 4.72 Å². The Labute approximate surface area is 236 Å². The van der Waals surface area contributed by atoms with Crippen LogP contribution in [-0.2, 0) is 14.8 Å². The lowest BCUT2D eigenvalue weighted by atomic mass is 9.99. The van der Waals surface area contributed by atoms with Crippen LogP contribution in [-0.4, -0.2) is 79.2 Å². The number of hydrogen-bond donors (Lipinski definition) is 5. The molecule has 0 bridgehead atoms. The number of ether oxygens (including phenoxy) is 1. The standard InChI is InChI=1S/C28H31N3O7S2/c29-15-22(40(36,37)30-16-23-25(32)26(33)27(34)28(35)38-23)14-21-8-9-24(39-21)19-5-4-18-13-20(7-6-17(18)12-19)31-10-2-1-3-11-31/h4-9,12-14,23,25-28,30,32-35H,1-3,10-11,16H2/b22-14+/t23-,25-,26+,27-,28?/m1/s1. The highest BCUT2D eigenvalue weighted by atomic mass is 32.2. The van der Waals surface area contributed by atoms with Crippen LogP contribution < -0.4 is 9.62 Å². The summed E-state index contributed by atoms with van der Waals surface area (Å²) >= 11 is 1.34. The van der Waals surface area contributed by atoms with E-state index >= 15 is 0 Å². The maximum Gasteiger partial charge on any atom is 0.250 e. The number of piperidine rings is 1. The van der Waals surface area contributed by atoms with Crippen LogP contribution in [0.3, 0.4) is 0 Å². The van der Waals surface area contributed by atoms with Crippen LogP contribution in [0.25, 0.3) is 27.3 Å². The first kappa shape index (κ1) is 28.7. The van der Waals surface area contributed by atoms with E-state index in [0.29, 0.717) is 4.88 Å². The number of benzene rings is 2. The molecule has 5 atom stereocenters. The lowest BCUT2D eigenvalue weighted by molar-refractivity contribution is -0.279. The number of aliphatic hydroxyl groups excluding tert-OH is 4. The Hall–Kier alpha value is -2.86. The predicted octanol–water partition coefficient (Wildman–Crippen LogP) is 2.14. The zero-order chi connectivity index (χ0) is 28.4. The van der Waals surface area contributed by atoms with Gasteiger partial charge in [0.1, 0.15) is 30.5 Å². The average molecular weight is 586 g/mol. The molecule has 12 heteroatoms. The highest BCUT2D eigenvalue weighted by Gasteiger charge is 2.43. The number of thiophene rings is 1. The molecule has 40 heavy (non-hydrogen) atoms. The van der Waals surface area contributed by atoms with Gasteiger partial charge in [0.25, 0.3) is 10.0 Å². The van der Waals surface area contributed by atoms with Gasteiger partial charge in [0.15, 0.2) is 11.2 Å². The van der Waals surface area contributed by atoms with E-state index in [4.69, 9.17) is 4.74 Å². The average Bonchev–Trinajstić information content (AvgIpc) is 3.44. The Morgan fingerprint density at radius 2 is 1.73 bits per heavy atom. The van der Waals surface area contributed by atoms with Gasteiger partial charge in [0, 0.05) is 35.1 Å². The van der Waals surface area contributed by atoms with E-state index in [2.05, 4.69) is 40.0 Å². The predicted molar refractivity (Wildman–Crippen MR) is 153 cm³/mol. The van der Waals surface area contributed by atoms with Gasteiger partial charge in [-0.15, -0.1) is 11.3 Å². The third-order valence-electron chi connectivity index (χ3n) is 7.29. The minimum Gasteiger partial charge on any atom is -0.388 e. The topological polar surface area (TPSA) is 163 Å². The van der Waals surface area contributed by atoms with Crippen LogP contribution in [0.15, 0.2) is 53.4 Å². The number of allylic oxidation sites excluding steroid dienone is 1. The monoisotopic (exact) mass is 585 g/mol.